The zero-order chi connectivity index (χ0) is 11.5. The first-order chi connectivity index (χ1) is 7.66. The fourth-order valence-electron chi connectivity index (χ4n) is 1.81. The number of nitrogens with one attached hydrogen (secondary N) is 1. The number of anilines is 1. The van der Waals surface area contributed by atoms with Crippen LogP contribution in [0.5, 0.6) is 0 Å². The molecule has 0 aliphatic carbocycles. The monoisotopic (exact) mass is 240 g/mol. The van der Waals surface area contributed by atoms with Crippen LogP contribution in [0.15, 0.2) is 0 Å². The number of rotatable bonds is 3. The first-order valence-corrected chi connectivity index (χ1v) is 6.34. The lowest BCUT2D eigenvalue weighted by atomic mass is 10.3. The van der Waals surface area contributed by atoms with E-state index >= 15 is 0 Å². The Balaban J connectivity index is 1.91. The highest BCUT2D eigenvalue weighted by Crippen LogP contribution is 2.16. The van der Waals surface area contributed by atoms with E-state index in [0.717, 1.165) is 36.1 Å². The molecule has 2 rings (SSSR count). The van der Waals surface area contributed by atoms with Crippen molar-refractivity contribution in [1.82, 2.24) is 15.1 Å². The summed E-state index contributed by atoms with van der Waals surface area (Å²) in [5.74, 6) is 0.158. The molecule has 1 aromatic rings. The van der Waals surface area contributed by atoms with Gasteiger partial charge in [-0.3, -0.25) is 4.79 Å². The smallest absolute Gasteiger partial charge is 0.244 e. The number of likely N-dealkylation sites (tertiary alicyclic amines) is 1. The van der Waals surface area contributed by atoms with Crippen LogP contribution in [0, 0.1) is 6.92 Å². The molecular weight excluding hydrogens is 224 g/mol. The normalized spacial score (nSPS) is 17.5. The van der Waals surface area contributed by atoms with Gasteiger partial charge in [0.25, 0.3) is 0 Å². The molecule has 88 valence electrons. The van der Waals surface area contributed by atoms with Gasteiger partial charge in [-0.05, 0) is 26.7 Å². The zero-order valence-electron chi connectivity index (χ0n) is 9.56. The Bertz CT molecular complexity index is 373. The SMILES string of the molecule is Cc1nnc(NC(C)C(=O)N2CCCC2)s1. The second kappa shape index (κ2) is 4.78. The predicted octanol–water partition coefficient (Wildman–Crippen LogP) is 1.27. The first-order valence-electron chi connectivity index (χ1n) is 5.52. The highest BCUT2D eigenvalue weighted by molar-refractivity contribution is 7.15. The molecule has 0 bridgehead atoms. The molecule has 16 heavy (non-hydrogen) atoms. The molecule has 1 N–H and O–H groups in total. The second-order valence-corrected chi connectivity index (χ2v) is 5.21. The molecule has 6 heteroatoms. The van der Waals surface area contributed by atoms with Crippen molar-refractivity contribution in [3.8, 4) is 0 Å². The standard InChI is InChI=1S/C10H16N4OS/c1-7(9(15)14-5-3-4-6-14)11-10-13-12-8(2)16-10/h7H,3-6H2,1-2H3,(H,11,13). The quantitative estimate of drug-likeness (QED) is 0.864. The van der Waals surface area contributed by atoms with Crippen LogP contribution in [0.2, 0.25) is 0 Å². The number of hydrogen-bond donors (Lipinski definition) is 1. The lowest BCUT2D eigenvalue weighted by molar-refractivity contribution is -0.130. The van der Waals surface area contributed by atoms with Gasteiger partial charge in [-0.25, -0.2) is 0 Å². The van der Waals surface area contributed by atoms with Gasteiger partial charge in [-0.2, -0.15) is 0 Å². The minimum atomic E-state index is -0.217. The molecule has 1 atom stereocenters. The number of amides is 1. The number of carbonyl (C=O) groups excluding carboxylic acids is 1. The Morgan fingerprint density at radius 1 is 1.44 bits per heavy atom. The summed E-state index contributed by atoms with van der Waals surface area (Å²) in [6.45, 7) is 5.55. The molecular formula is C10H16N4OS. The largest absolute Gasteiger partial charge is 0.349 e. The predicted molar refractivity (Wildman–Crippen MR) is 63.5 cm³/mol. The molecule has 0 spiro atoms. The molecule has 1 amide bonds. The van der Waals surface area contributed by atoms with Crippen LogP contribution in [0.25, 0.3) is 0 Å². The van der Waals surface area contributed by atoms with Gasteiger partial charge in [0.2, 0.25) is 11.0 Å². The molecule has 0 aromatic carbocycles. The van der Waals surface area contributed by atoms with Crippen LogP contribution in [0.3, 0.4) is 0 Å². The van der Waals surface area contributed by atoms with E-state index in [-0.39, 0.29) is 11.9 Å². The van der Waals surface area contributed by atoms with Crippen molar-refractivity contribution in [2.24, 2.45) is 0 Å². The van der Waals surface area contributed by atoms with Gasteiger partial charge < -0.3 is 10.2 Å². The van der Waals surface area contributed by atoms with Crippen molar-refractivity contribution < 1.29 is 4.79 Å². The average Bonchev–Trinajstić information content (AvgIpc) is 2.88. The van der Waals surface area contributed by atoms with Gasteiger partial charge in [0.05, 0.1) is 0 Å². The maximum Gasteiger partial charge on any atom is 0.244 e. The van der Waals surface area contributed by atoms with Crippen LogP contribution in [-0.4, -0.2) is 40.1 Å². The van der Waals surface area contributed by atoms with E-state index in [1.165, 1.54) is 11.3 Å². The summed E-state index contributed by atoms with van der Waals surface area (Å²) in [4.78, 5) is 13.9. The summed E-state index contributed by atoms with van der Waals surface area (Å²) in [5, 5.41) is 12.6. The van der Waals surface area contributed by atoms with E-state index < -0.39 is 0 Å². The minimum Gasteiger partial charge on any atom is -0.349 e. The van der Waals surface area contributed by atoms with Crippen molar-refractivity contribution in [3.05, 3.63) is 5.01 Å². The Hall–Kier alpha value is -1.17. The van der Waals surface area contributed by atoms with E-state index in [2.05, 4.69) is 15.5 Å². The fourth-order valence-corrected chi connectivity index (χ4v) is 2.49. The maximum absolute atomic E-state index is 12.0. The number of hydrogen-bond acceptors (Lipinski definition) is 5. The number of aryl methyl sites for hydroxylation is 1. The molecule has 1 saturated heterocycles. The molecule has 1 fully saturated rings. The highest BCUT2D eigenvalue weighted by Gasteiger charge is 2.23. The molecule has 0 saturated carbocycles. The number of nitrogens with zero attached hydrogens (tertiary/aromatic N) is 3. The Kier molecular flexibility index (Phi) is 3.38. The highest BCUT2D eigenvalue weighted by atomic mass is 32.1. The second-order valence-electron chi connectivity index (χ2n) is 4.02. The summed E-state index contributed by atoms with van der Waals surface area (Å²) in [7, 11) is 0. The lowest BCUT2D eigenvalue weighted by Gasteiger charge is -2.20. The van der Waals surface area contributed by atoms with Gasteiger partial charge in [-0.15, -0.1) is 10.2 Å². The third-order valence-electron chi connectivity index (χ3n) is 2.65. The van der Waals surface area contributed by atoms with Crippen LogP contribution < -0.4 is 5.32 Å². The van der Waals surface area contributed by atoms with E-state index in [9.17, 15) is 4.79 Å². The van der Waals surface area contributed by atoms with Crippen molar-refractivity contribution >= 4 is 22.4 Å². The van der Waals surface area contributed by atoms with E-state index in [1.807, 2.05) is 18.7 Å². The maximum atomic E-state index is 12.0. The Morgan fingerprint density at radius 2 is 2.12 bits per heavy atom. The average molecular weight is 240 g/mol. The number of aromatic nitrogens is 2. The summed E-state index contributed by atoms with van der Waals surface area (Å²) >= 11 is 1.47. The van der Waals surface area contributed by atoms with Gasteiger partial charge in [-0.1, -0.05) is 11.3 Å². The number of carbonyl (C=O) groups is 1. The third kappa shape index (κ3) is 2.49. The molecule has 1 unspecified atom stereocenters. The van der Waals surface area contributed by atoms with Crippen molar-refractivity contribution in [1.29, 1.82) is 0 Å². The zero-order valence-corrected chi connectivity index (χ0v) is 10.4. The summed E-state index contributed by atoms with van der Waals surface area (Å²) in [6, 6.07) is -0.217. The topological polar surface area (TPSA) is 58.1 Å². The molecule has 1 aliphatic rings. The van der Waals surface area contributed by atoms with Gasteiger partial charge in [0, 0.05) is 13.1 Å². The Labute approximate surface area is 98.9 Å². The molecule has 2 heterocycles. The van der Waals surface area contributed by atoms with Crippen molar-refractivity contribution in [3.63, 3.8) is 0 Å². The van der Waals surface area contributed by atoms with Crippen LogP contribution in [0.1, 0.15) is 24.8 Å². The Morgan fingerprint density at radius 3 is 2.69 bits per heavy atom. The van der Waals surface area contributed by atoms with E-state index in [4.69, 9.17) is 0 Å². The summed E-state index contributed by atoms with van der Waals surface area (Å²) in [6.07, 6.45) is 2.24. The minimum absolute atomic E-state index is 0.158. The van der Waals surface area contributed by atoms with Crippen molar-refractivity contribution in [2.75, 3.05) is 18.4 Å². The van der Waals surface area contributed by atoms with Crippen LogP contribution in [-0.2, 0) is 4.79 Å². The summed E-state index contributed by atoms with van der Waals surface area (Å²) in [5.41, 5.74) is 0. The van der Waals surface area contributed by atoms with Gasteiger partial charge >= 0.3 is 0 Å². The van der Waals surface area contributed by atoms with E-state index in [1.54, 1.807) is 0 Å². The molecule has 1 aromatic heterocycles. The molecule has 5 nitrogen and oxygen atoms in total. The fraction of sp³-hybridized carbons (Fsp3) is 0.700. The molecule has 0 radical (unpaired) electrons. The third-order valence-corrected chi connectivity index (χ3v) is 3.42. The summed E-state index contributed by atoms with van der Waals surface area (Å²) < 4.78 is 0. The molecule has 1 aliphatic heterocycles. The van der Waals surface area contributed by atoms with Crippen molar-refractivity contribution in [2.45, 2.75) is 32.7 Å². The van der Waals surface area contributed by atoms with E-state index in [0.29, 0.717) is 0 Å². The van der Waals surface area contributed by atoms with Gasteiger partial charge in [0.15, 0.2) is 0 Å². The lowest BCUT2D eigenvalue weighted by Crippen LogP contribution is -2.39. The first kappa shape index (κ1) is 11.3. The van der Waals surface area contributed by atoms with Crippen LogP contribution >= 0.6 is 11.3 Å². The van der Waals surface area contributed by atoms with Crippen LogP contribution in [0.4, 0.5) is 5.13 Å². The van der Waals surface area contributed by atoms with Gasteiger partial charge in [0.1, 0.15) is 11.0 Å².